The molecule has 0 saturated heterocycles. The lowest BCUT2D eigenvalue weighted by Crippen LogP contribution is -2.19. The molecule has 0 amide bonds. The predicted octanol–water partition coefficient (Wildman–Crippen LogP) is 5.02. The molecular formula is C18H27N. The Labute approximate surface area is 118 Å². The molecule has 19 heavy (non-hydrogen) atoms. The molecule has 0 unspecified atom stereocenters. The lowest BCUT2D eigenvalue weighted by Gasteiger charge is -2.18. The largest absolute Gasteiger partial charge is 0.381 e. The minimum absolute atomic E-state index is 0.736. The number of rotatable bonds is 3. The van der Waals surface area contributed by atoms with Crippen LogP contribution in [0.2, 0.25) is 0 Å². The standard InChI is InChI=1S/C15H19N.C3H8/c1-12(2)10-13-8-9-15(16-11-13)14-6-4-3-5-7-14;1-3-2/h3-9,12,16H,10-11H2,1-2H3;3H2,1-2H3. The molecule has 1 N–H and O–H groups in total. The van der Waals surface area contributed by atoms with E-state index in [2.05, 4.69) is 69.4 Å². The van der Waals surface area contributed by atoms with E-state index < -0.39 is 0 Å². The highest BCUT2D eigenvalue weighted by atomic mass is 14.9. The molecule has 1 heterocycles. The topological polar surface area (TPSA) is 12.0 Å². The molecule has 104 valence electrons. The van der Waals surface area contributed by atoms with Crippen molar-refractivity contribution in [1.29, 1.82) is 0 Å². The van der Waals surface area contributed by atoms with Crippen molar-refractivity contribution in [3.05, 3.63) is 53.6 Å². The van der Waals surface area contributed by atoms with Gasteiger partial charge in [0.25, 0.3) is 0 Å². The Morgan fingerprint density at radius 1 is 1.05 bits per heavy atom. The van der Waals surface area contributed by atoms with E-state index in [0.717, 1.165) is 12.5 Å². The van der Waals surface area contributed by atoms with Crippen LogP contribution in [-0.4, -0.2) is 6.54 Å². The van der Waals surface area contributed by atoms with Gasteiger partial charge < -0.3 is 5.32 Å². The summed E-state index contributed by atoms with van der Waals surface area (Å²) in [7, 11) is 0. The third-order valence-corrected chi connectivity index (χ3v) is 2.75. The second-order valence-corrected chi connectivity index (χ2v) is 5.43. The van der Waals surface area contributed by atoms with Gasteiger partial charge in [0, 0.05) is 12.2 Å². The lowest BCUT2D eigenvalue weighted by molar-refractivity contribution is 0.627. The molecule has 1 aromatic rings. The minimum Gasteiger partial charge on any atom is -0.381 e. The van der Waals surface area contributed by atoms with Gasteiger partial charge in [0.05, 0.1) is 0 Å². The fourth-order valence-corrected chi connectivity index (χ4v) is 2.01. The first kappa shape index (κ1) is 15.6. The van der Waals surface area contributed by atoms with Crippen molar-refractivity contribution < 1.29 is 0 Å². The molecule has 0 spiro atoms. The van der Waals surface area contributed by atoms with E-state index in [4.69, 9.17) is 0 Å². The molecule has 0 aliphatic carbocycles. The molecule has 1 nitrogen and oxygen atoms in total. The first-order chi connectivity index (χ1) is 9.17. The number of hydrogen-bond donors (Lipinski definition) is 1. The smallest absolute Gasteiger partial charge is 0.0416 e. The summed E-state index contributed by atoms with van der Waals surface area (Å²) in [6.07, 6.45) is 6.89. The zero-order valence-corrected chi connectivity index (χ0v) is 12.7. The summed E-state index contributed by atoms with van der Waals surface area (Å²) in [5.74, 6) is 0.736. The Morgan fingerprint density at radius 3 is 2.16 bits per heavy atom. The third-order valence-electron chi connectivity index (χ3n) is 2.75. The molecule has 0 radical (unpaired) electrons. The number of hydrogen-bond acceptors (Lipinski definition) is 1. The third kappa shape index (κ3) is 5.78. The highest BCUT2D eigenvalue weighted by Crippen LogP contribution is 2.18. The monoisotopic (exact) mass is 257 g/mol. The van der Waals surface area contributed by atoms with E-state index >= 15 is 0 Å². The second kappa shape index (κ2) is 8.58. The fraction of sp³-hybridized carbons (Fsp3) is 0.444. The molecule has 1 aliphatic heterocycles. The van der Waals surface area contributed by atoms with E-state index in [1.165, 1.54) is 29.7 Å². The first-order valence-electron chi connectivity index (χ1n) is 7.36. The Morgan fingerprint density at radius 2 is 1.68 bits per heavy atom. The molecule has 0 saturated carbocycles. The van der Waals surface area contributed by atoms with Crippen LogP contribution in [0.5, 0.6) is 0 Å². The van der Waals surface area contributed by atoms with Gasteiger partial charge in [-0.2, -0.15) is 0 Å². The summed E-state index contributed by atoms with van der Waals surface area (Å²) in [4.78, 5) is 0. The van der Waals surface area contributed by atoms with Crippen LogP contribution in [0.1, 0.15) is 46.1 Å². The van der Waals surface area contributed by atoms with Crippen molar-refractivity contribution in [3.8, 4) is 0 Å². The molecule has 0 fully saturated rings. The van der Waals surface area contributed by atoms with E-state index in [1.54, 1.807) is 0 Å². The zero-order chi connectivity index (χ0) is 14.1. The van der Waals surface area contributed by atoms with Crippen molar-refractivity contribution in [1.82, 2.24) is 5.32 Å². The number of benzene rings is 1. The molecule has 2 rings (SSSR count). The molecule has 0 bridgehead atoms. The van der Waals surface area contributed by atoms with Gasteiger partial charge in [-0.3, -0.25) is 0 Å². The average Bonchev–Trinajstić information content (AvgIpc) is 2.41. The molecule has 1 aliphatic rings. The van der Waals surface area contributed by atoms with Crippen LogP contribution in [0.3, 0.4) is 0 Å². The van der Waals surface area contributed by atoms with Crippen molar-refractivity contribution in [3.63, 3.8) is 0 Å². The number of dihydropyridines is 1. The minimum atomic E-state index is 0.736. The van der Waals surface area contributed by atoms with Gasteiger partial charge in [-0.15, -0.1) is 0 Å². The van der Waals surface area contributed by atoms with Gasteiger partial charge in [-0.05, 0) is 24.0 Å². The van der Waals surface area contributed by atoms with Crippen LogP contribution >= 0.6 is 0 Å². The van der Waals surface area contributed by atoms with Crippen molar-refractivity contribution in [2.75, 3.05) is 6.54 Å². The van der Waals surface area contributed by atoms with Gasteiger partial charge in [-0.25, -0.2) is 0 Å². The van der Waals surface area contributed by atoms with Crippen LogP contribution in [0.4, 0.5) is 0 Å². The fourth-order valence-electron chi connectivity index (χ4n) is 2.01. The van der Waals surface area contributed by atoms with Crippen LogP contribution in [0.25, 0.3) is 5.70 Å². The van der Waals surface area contributed by atoms with Gasteiger partial charge in [0.15, 0.2) is 0 Å². The van der Waals surface area contributed by atoms with E-state index in [1.807, 2.05) is 6.07 Å². The summed E-state index contributed by atoms with van der Waals surface area (Å²) in [5, 5.41) is 3.48. The molecule has 0 aromatic heterocycles. The van der Waals surface area contributed by atoms with E-state index in [-0.39, 0.29) is 0 Å². The van der Waals surface area contributed by atoms with Crippen molar-refractivity contribution in [2.24, 2.45) is 5.92 Å². The van der Waals surface area contributed by atoms with Gasteiger partial charge in [0.1, 0.15) is 0 Å². The Kier molecular flexibility index (Phi) is 7.02. The number of allylic oxidation sites excluding steroid dienone is 2. The highest BCUT2D eigenvalue weighted by Gasteiger charge is 2.07. The maximum Gasteiger partial charge on any atom is 0.0416 e. The summed E-state index contributed by atoms with van der Waals surface area (Å²) in [5.41, 5.74) is 3.99. The molecule has 1 heteroatoms. The van der Waals surface area contributed by atoms with Crippen molar-refractivity contribution >= 4 is 5.70 Å². The lowest BCUT2D eigenvalue weighted by atomic mass is 9.99. The predicted molar refractivity (Wildman–Crippen MR) is 85.9 cm³/mol. The maximum absolute atomic E-state index is 3.48. The maximum atomic E-state index is 3.48. The quantitative estimate of drug-likeness (QED) is 0.801. The van der Waals surface area contributed by atoms with Gasteiger partial charge >= 0.3 is 0 Å². The molecular weight excluding hydrogens is 230 g/mol. The second-order valence-electron chi connectivity index (χ2n) is 5.43. The Bertz CT molecular complexity index is 413. The van der Waals surface area contributed by atoms with E-state index in [9.17, 15) is 0 Å². The van der Waals surface area contributed by atoms with Crippen LogP contribution in [0, 0.1) is 5.92 Å². The zero-order valence-electron chi connectivity index (χ0n) is 12.7. The summed E-state index contributed by atoms with van der Waals surface area (Å²) in [6, 6.07) is 10.5. The Hall–Kier alpha value is -1.50. The molecule has 0 atom stereocenters. The first-order valence-corrected chi connectivity index (χ1v) is 7.36. The highest BCUT2D eigenvalue weighted by molar-refractivity contribution is 5.67. The Balaban J connectivity index is 0.000000550. The van der Waals surface area contributed by atoms with Crippen molar-refractivity contribution in [2.45, 2.75) is 40.5 Å². The van der Waals surface area contributed by atoms with Crippen LogP contribution in [-0.2, 0) is 0 Å². The van der Waals surface area contributed by atoms with Gasteiger partial charge in [0.2, 0.25) is 0 Å². The normalized spacial score (nSPS) is 13.9. The van der Waals surface area contributed by atoms with Crippen LogP contribution < -0.4 is 5.32 Å². The van der Waals surface area contributed by atoms with E-state index in [0.29, 0.717) is 0 Å². The number of nitrogens with one attached hydrogen (secondary N) is 1. The summed E-state index contributed by atoms with van der Waals surface area (Å²) in [6.45, 7) is 9.76. The SMILES string of the molecule is CC(C)CC1=CC=C(c2ccccc2)NC1.CCC. The summed E-state index contributed by atoms with van der Waals surface area (Å²) >= 11 is 0. The van der Waals surface area contributed by atoms with Gasteiger partial charge in [-0.1, -0.05) is 76.1 Å². The molecule has 1 aromatic carbocycles. The average molecular weight is 257 g/mol. The van der Waals surface area contributed by atoms with Crippen LogP contribution in [0.15, 0.2) is 48.1 Å². The summed E-state index contributed by atoms with van der Waals surface area (Å²) < 4.78 is 0.